The molecule has 1 aromatic carbocycles. The highest BCUT2D eigenvalue weighted by Gasteiger charge is 2.05. The van der Waals surface area contributed by atoms with Gasteiger partial charge in [0.15, 0.2) is 0 Å². The van der Waals surface area contributed by atoms with Crippen molar-refractivity contribution in [2.45, 2.75) is 19.9 Å². The van der Waals surface area contributed by atoms with E-state index in [4.69, 9.17) is 17.3 Å². The highest BCUT2D eigenvalue weighted by Crippen LogP contribution is 2.20. The number of halogens is 1. The van der Waals surface area contributed by atoms with Crippen LogP contribution in [0.25, 0.3) is 0 Å². The molecule has 2 aromatic rings. The Morgan fingerprint density at radius 1 is 1.44 bits per heavy atom. The fraction of sp³-hybridized carbons (Fsp3) is 0.250. The van der Waals surface area contributed by atoms with Crippen molar-refractivity contribution in [2.24, 2.45) is 5.73 Å². The van der Waals surface area contributed by atoms with Crippen LogP contribution in [0.15, 0.2) is 23.6 Å². The highest BCUT2D eigenvalue weighted by molar-refractivity contribution is 7.09. The first kappa shape index (κ1) is 11.6. The number of hydrogen-bond acceptors (Lipinski definition) is 3. The molecule has 2 nitrogen and oxygen atoms in total. The van der Waals surface area contributed by atoms with Crippen molar-refractivity contribution in [3.05, 3.63) is 50.4 Å². The topological polar surface area (TPSA) is 38.9 Å². The summed E-state index contributed by atoms with van der Waals surface area (Å²) in [6, 6.07) is 5.95. The van der Waals surface area contributed by atoms with Crippen LogP contribution in [0.5, 0.6) is 0 Å². The standard InChI is InChI=1S/C12H13ClN2S/c1-8-2-3-10(13)4-9(8)5-12-15-11(6-14)7-16-12/h2-4,7H,5-6,14H2,1H3. The molecule has 0 aliphatic carbocycles. The minimum absolute atomic E-state index is 0.505. The molecule has 84 valence electrons. The van der Waals surface area contributed by atoms with E-state index in [2.05, 4.69) is 11.9 Å². The molecule has 4 heteroatoms. The largest absolute Gasteiger partial charge is 0.325 e. The first-order chi connectivity index (χ1) is 7.69. The second kappa shape index (κ2) is 4.95. The molecule has 0 amide bonds. The third-order valence-electron chi connectivity index (χ3n) is 2.46. The number of hydrogen-bond donors (Lipinski definition) is 1. The number of aromatic nitrogens is 1. The monoisotopic (exact) mass is 252 g/mol. The van der Waals surface area contributed by atoms with E-state index >= 15 is 0 Å². The van der Waals surface area contributed by atoms with Crippen molar-refractivity contribution in [2.75, 3.05) is 0 Å². The van der Waals surface area contributed by atoms with E-state index in [0.717, 1.165) is 22.1 Å². The summed E-state index contributed by atoms with van der Waals surface area (Å²) >= 11 is 7.63. The smallest absolute Gasteiger partial charge is 0.0972 e. The van der Waals surface area contributed by atoms with Crippen LogP contribution in [0.2, 0.25) is 5.02 Å². The molecular weight excluding hydrogens is 240 g/mol. The lowest BCUT2D eigenvalue weighted by Gasteiger charge is -2.03. The van der Waals surface area contributed by atoms with Crippen LogP contribution in [0.3, 0.4) is 0 Å². The first-order valence-corrected chi connectivity index (χ1v) is 6.33. The molecule has 0 unspecified atom stereocenters. The van der Waals surface area contributed by atoms with Crippen LogP contribution in [0.4, 0.5) is 0 Å². The molecule has 16 heavy (non-hydrogen) atoms. The van der Waals surface area contributed by atoms with E-state index in [0.29, 0.717) is 6.54 Å². The maximum atomic E-state index is 5.98. The van der Waals surface area contributed by atoms with Gasteiger partial charge in [-0.3, -0.25) is 0 Å². The minimum Gasteiger partial charge on any atom is -0.325 e. The quantitative estimate of drug-likeness (QED) is 0.912. The number of thiazole rings is 1. The molecule has 0 saturated heterocycles. The number of aryl methyl sites for hydroxylation is 1. The summed E-state index contributed by atoms with van der Waals surface area (Å²) in [7, 11) is 0. The Labute approximate surface area is 104 Å². The van der Waals surface area contributed by atoms with Gasteiger partial charge in [-0.2, -0.15) is 0 Å². The molecule has 0 saturated carbocycles. The van der Waals surface area contributed by atoms with Gasteiger partial charge in [0, 0.05) is 23.4 Å². The number of rotatable bonds is 3. The van der Waals surface area contributed by atoms with Gasteiger partial charge in [-0.1, -0.05) is 17.7 Å². The van der Waals surface area contributed by atoms with Crippen molar-refractivity contribution in [1.29, 1.82) is 0 Å². The van der Waals surface area contributed by atoms with E-state index in [1.54, 1.807) is 11.3 Å². The predicted octanol–water partition coefficient (Wildman–Crippen LogP) is 3.15. The zero-order valence-corrected chi connectivity index (χ0v) is 10.6. The lowest BCUT2D eigenvalue weighted by molar-refractivity contribution is 0.980. The third kappa shape index (κ3) is 2.61. The molecule has 0 aliphatic rings. The highest BCUT2D eigenvalue weighted by atomic mass is 35.5. The van der Waals surface area contributed by atoms with Gasteiger partial charge in [0.05, 0.1) is 10.7 Å². The lowest BCUT2D eigenvalue weighted by Crippen LogP contribution is -1.97. The summed E-state index contributed by atoms with van der Waals surface area (Å²) in [5.74, 6) is 0. The van der Waals surface area contributed by atoms with Gasteiger partial charge in [0.2, 0.25) is 0 Å². The van der Waals surface area contributed by atoms with Crippen LogP contribution >= 0.6 is 22.9 Å². The van der Waals surface area contributed by atoms with Crippen LogP contribution in [-0.4, -0.2) is 4.98 Å². The average Bonchev–Trinajstić information content (AvgIpc) is 2.71. The molecule has 1 heterocycles. The van der Waals surface area contributed by atoms with Crippen molar-refractivity contribution >= 4 is 22.9 Å². The fourth-order valence-corrected chi connectivity index (χ4v) is 2.54. The Kier molecular flexibility index (Phi) is 3.59. The van der Waals surface area contributed by atoms with Crippen LogP contribution in [-0.2, 0) is 13.0 Å². The van der Waals surface area contributed by atoms with E-state index in [9.17, 15) is 0 Å². The normalized spacial score (nSPS) is 10.7. The second-order valence-electron chi connectivity index (χ2n) is 3.68. The Balaban J connectivity index is 2.22. The molecule has 1 aromatic heterocycles. The van der Waals surface area contributed by atoms with Gasteiger partial charge < -0.3 is 5.73 Å². The first-order valence-electron chi connectivity index (χ1n) is 5.07. The maximum absolute atomic E-state index is 5.98. The molecule has 2 N–H and O–H groups in total. The summed E-state index contributed by atoms with van der Waals surface area (Å²) in [5, 5.41) is 3.87. The van der Waals surface area contributed by atoms with Crippen LogP contribution in [0.1, 0.15) is 21.8 Å². The van der Waals surface area contributed by atoms with Gasteiger partial charge >= 0.3 is 0 Å². The van der Waals surface area contributed by atoms with Gasteiger partial charge in [-0.25, -0.2) is 4.98 Å². The zero-order chi connectivity index (χ0) is 11.5. The van der Waals surface area contributed by atoms with Crippen molar-refractivity contribution < 1.29 is 0 Å². The van der Waals surface area contributed by atoms with E-state index in [1.165, 1.54) is 11.1 Å². The van der Waals surface area contributed by atoms with E-state index in [1.807, 2.05) is 23.6 Å². The SMILES string of the molecule is Cc1ccc(Cl)cc1Cc1nc(CN)cs1. The fourth-order valence-electron chi connectivity index (χ4n) is 1.52. The molecule has 0 atom stereocenters. The zero-order valence-electron chi connectivity index (χ0n) is 9.03. The maximum Gasteiger partial charge on any atom is 0.0972 e. The number of benzene rings is 1. The summed E-state index contributed by atoms with van der Waals surface area (Å²) in [4.78, 5) is 4.45. The van der Waals surface area contributed by atoms with E-state index in [-0.39, 0.29) is 0 Å². The average molecular weight is 253 g/mol. The molecular formula is C12H13ClN2S. The lowest BCUT2D eigenvalue weighted by atomic mass is 10.1. The second-order valence-corrected chi connectivity index (χ2v) is 5.06. The van der Waals surface area contributed by atoms with Crippen LogP contribution < -0.4 is 5.73 Å². The van der Waals surface area contributed by atoms with Crippen LogP contribution in [0, 0.1) is 6.92 Å². The van der Waals surface area contributed by atoms with Gasteiger partial charge in [0.1, 0.15) is 0 Å². The Bertz CT molecular complexity index is 494. The Morgan fingerprint density at radius 3 is 2.94 bits per heavy atom. The Morgan fingerprint density at radius 2 is 2.25 bits per heavy atom. The van der Waals surface area contributed by atoms with Crippen molar-refractivity contribution in [1.82, 2.24) is 4.98 Å². The van der Waals surface area contributed by atoms with Gasteiger partial charge in [-0.15, -0.1) is 11.3 Å². The minimum atomic E-state index is 0.505. The third-order valence-corrected chi connectivity index (χ3v) is 3.59. The molecule has 0 bridgehead atoms. The molecule has 0 fully saturated rings. The van der Waals surface area contributed by atoms with E-state index < -0.39 is 0 Å². The molecule has 2 rings (SSSR count). The molecule has 0 radical (unpaired) electrons. The summed E-state index contributed by atoms with van der Waals surface area (Å²) in [6.07, 6.45) is 0.830. The molecule has 0 spiro atoms. The number of nitrogens with two attached hydrogens (primary N) is 1. The van der Waals surface area contributed by atoms with Crippen molar-refractivity contribution in [3.63, 3.8) is 0 Å². The molecule has 0 aliphatic heterocycles. The van der Waals surface area contributed by atoms with Gasteiger partial charge in [0.25, 0.3) is 0 Å². The predicted molar refractivity (Wildman–Crippen MR) is 69.0 cm³/mol. The number of nitrogens with zero attached hydrogens (tertiary/aromatic N) is 1. The summed E-state index contributed by atoms with van der Waals surface area (Å²) < 4.78 is 0. The summed E-state index contributed by atoms with van der Waals surface area (Å²) in [6.45, 7) is 2.59. The summed E-state index contributed by atoms with van der Waals surface area (Å²) in [5.41, 5.74) is 8.96. The van der Waals surface area contributed by atoms with Crippen molar-refractivity contribution in [3.8, 4) is 0 Å². The van der Waals surface area contributed by atoms with Gasteiger partial charge in [-0.05, 0) is 30.2 Å². The Hall–Kier alpha value is -0.900.